The molecule has 0 unspecified atom stereocenters. The summed E-state index contributed by atoms with van der Waals surface area (Å²) in [6.45, 7) is 1.38. The molecule has 4 nitrogen and oxygen atoms in total. The van der Waals surface area contributed by atoms with Gasteiger partial charge >= 0.3 is 0 Å². The van der Waals surface area contributed by atoms with Crippen LogP contribution in [0.3, 0.4) is 0 Å². The van der Waals surface area contributed by atoms with Crippen LogP contribution in [0, 0.1) is 5.82 Å². The maximum atomic E-state index is 13.2. The maximum Gasteiger partial charge on any atom is 0.189 e. The van der Waals surface area contributed by atoms with Crippen molar-refractivity contribution >= 4 is 16.6 Å². The number of nitrogens with zero attached hydrogens (tertiary/aromatic N) is 1. The Morgan fingerprint density at radius 1 is 1.08 bits per heavy atom. The van der Waals surface area contributed by atoms with E-state index in [0.717, 1.165) is 18.7 Å². The van der Waals surface area contributed by atoms with Crippen molar-refractivity contribution in [2.24, 2.45) is 0 Å². The topological polar surface area (TPSA) is 48.1 Å². The first-order valence-electron chi connectivity index (χ1n) is 8.31. The van der Waals surface area contributed by atoms with Crippen molar-refractivity contribution in [2.75, 3.05) is 25.5 Å². The van der Waals surface area contributed by atoms with Crippen LogP contribution in [0.2, 0.25) is 0 Å². The molecule has 0 aliphatic carbocycles. The number of fused-ring (bicyclic) bond motifs is 1. The molecule has 3 rings (SSSR count). The third-order valence-corrected chi connectivity index (χ3v) is 4.21. The largest absolute Gasteiger partial charge is 0.378 e. The zero-order chi connectivity index (χ0) is 17.8. The quantitative estimate of drug-likeness (QED) is 0.679. The van der Waals surface area contributed by atoms with Crippen molar-refractivity contribution in [3.63, 3.8) is 0 Å². The average Bonchev–Trinajstić information content (AvgIpc) is 2.60. The summed E-state index contributed by atoms with van der Waals surface area (Å²) in [6, 6.07) is 14.2. The number of rotatable bonds is 6. The molecular formula is C20H22FN3O. The van der Waals surface area contributed by atoms with E-state index < -0.39 is 5.82 Å². The van der Waals surface area contributed by atoms with Crippen LogP contribution in [0.5, 0.6) is 0 Å². The molecule has 0 radical (unpaired) electrons. The van der Waals surface area contributed by atoms with Crippen molar-refractivity contribution in [3.8, 4) is 0 Å². The van der Waals surface area contributed by atoms with Gasteiger partial charge in [0.05, 0.1) is 0 Å². The van der Waals surface area contributed by atoms with Gasteiger partial charge in [-0.15, -0.1) is 0 Å². The van der Waals surface area contributed by atoms with Gasteiger partial charge in [-0.2, -0.15) is 0 Å². The molecule has 0 bridgehead atoms. The van der Waals surface area contributed by atoms with E-state index in [1.54, 1.807) is 6.07 Å². The van der Waals surface area contributed by atoms with E-state index in [0.29, 0.717) is 17.4 Å². The summed E-state index contributed by atoms with van der Waals surface area (Å²) < 4.78 is 13.2. The molecule has 0 fully saturated rings. The molecule has 0 amide bonds. The van der Waals surface area contributed by atoms with Gasteiger partial charge in [0.2, 0.25) is 0 Å². The number of hydrogen-bond acceptors (Lipinski definition) is 3. The third-order valence-electron chi connectivity index (χ3n) is 4.21. The number of pyridine rings is 1. The van der Waals surface area contributed by atoms with Gasteiger partial charge in [-0.1, -0.05) is 12.1 Å². The predicted molar refractivity (Wildman–Crippen MR) is 101 cm³/mol. The predicted octanol–water partition coefficient (Wildman–Crippen LogP) is 3.07. The first-order valence-corrected chi connectivity index (χ1v) is 8.31. The van der Waals surface area contributed by atoms with E-state index in [1.807, 2.05) is 14.1 Å². The van der Waals surface area contributed by atoms with E-state index in [2.05, 4.69) is 39.5 Å². The summed E-state index contributed by atoms with van der Waals surface area (Å²) in [6.07, 6.45) is 0.913. The molecule has 0 saturated heterocycles. The van der Waals surface area contributed by atoms with E-state index in [1.165, 1.54) is 29.4 Å². The zero-order valence-electron chi connectivity index (χ0n) is 14.5. The average molecular weight is 339 g/mol. The Morgan fingerprint density at radius 3 is 2.56 bits per heavy atom. The second-order valence-corrected chi connectivity index (χ2v) is 6.34. The van der Waals surface area contributed by atoms with Gasteiger partial charge in [0.25, 0.3) is 0 Å². The van der Waals surface area contributed by atoms with Gasteiger partial charge in [0, 0.05) is 49.0 Å². The van der Waals surface area contributed by atoms with Crippen LogP contribution >= 0.6 is 0 Å². The first kappa shape index (κ1) is 17.2. The molecule has 0 aliphatic rings. The van der Waals surface area contributed by atoms with Gasteiger partial charge < -0.3 is 15.2 Å². The second-order valence-electron chi connectivity index (χ2n) is 6.34. The summed E-state index contributed by atoms with van der Waals surface area (Å²) in [4.78, 5) is 17.3. The van der Waals surface area contributed by atoms with Gasteiger partial charge in [0.15, 0.2) is 5.43 Å². The number of aromatic amines is 1. The normalized spacial score (nSPS) is 11.0. The molecule has 0 aliphatic heterocycles. The minimum absolute atomic E-state index is 0.163. The highest BCUT2D eigenvalue weighted by Gasteiger charge is 2.04. The van der Waals surface area contributed by atoms with Gasteiger partial charge in [-0.25, -0.2) is 4.39 Å². The molecule has 0 spiro atoms. The Labute approximate surface area is 146 Å². The highest BCUT2D eigenvalue weighted by molar-refractivity contribution is 5.78. The summed E-state index contributed by atoms with van der Waals surface area (Å²) in [7, 11) is 4.05. The molecule has 5 heteroatoms. The lowest BCUT2D eigenvalue weighted by molar-refractivity contribution is 0.629. The van der Waals surface area contributed by atoms with Gasteiger partial charge in [-0.05, 0) is 48.9 Å². The van der Waals surface area contributed by atoms with Crippen LogP contribution in [-0.4, -0.2) is 25.6 Å². The number of hydrogen-bond donors (Lipinski definition) is 2. The van der Waals surface area contributed by atoms with Crippen LogP contribution < -0.4 is 15.6 Å². The van der Waals surface area contributed by atoms with Crippen LogP contribution in [-0.2, 0) is 13.0 Å². The van der Waals surface area contributed by atoms with E-state index >= 15 is 0 Å². The summed E-state index contributed by atoms with van der Waals surface area (Å²) in [5.41, 5.74) is 3.74. The number of halogens is 1. The van der Waals surface area contributed by atoms with Crippen molar-refractivity contribution in [3.05, 3.63) is 75.8 Å². The standard InChI is InChI=1S/C20H22FN3O/c1-24(2)17-6-3-14(4-7-17)9-10-22-13-16-12-20(25)18-11-15(21)5-8-19(18)23-16/h3-8,11-12,22H,9-10,13H2,1-2H3,(H,23,25). The summed E-state index contributed by atoms with van der Waals surface area (Å²) >= 11 is 0. The molecule has 2 aromatic carbocycles. The Bertz CT molecular complexity index is 916. The fourth-order valence-corrected chi connectivity index (χ4v) is 2.79. The molecule has 0 saturated carbocycles. The summed E-state index contributed by atoms with van der Waals surface area (Å²) in [5, 5.41) is 3.72. The van der Waals surface area contributed by atoms with E-state index in [-0.39, 0.29) is 5.43 Å². The Balaban J connectivity index is 1.58. The molecule has 3 aromatic rings. The molecule has 1 aromatic heterocycles. The smallest absolute Gasteiger partial charge is 0.189 e. The van der Waals surface area contributed by atoms with E-state index in [4.69, 9.17) is 0 Å². The van der Waals surface area contributed by atoms with Crippen molar-refractivity contribution in [1.82, 2.24) is 10.3 Å². The molecule has 1 heterocycles. The van der Waals surface area contributed by atoms with Crippen LogP contribution in [0.15, 0.2) is 53.3 Å². The van der Waals surface area contributed by atoms with Crippen molar-refractivity contribution in [1.29, 1.82) is 0 Å². The zero-order valence-corrected chi connectivity index (χ0v) is 14.5. The first-order chi connectivity index (χ1) is 12.0. The molecule has 0 atom stereocenters. The minimum atomic E-state index is -0.399. The number of benzene rings is 2. The molecule has 130 valence electrons. The van der Waals surface area contributed by atoms with E-state index in [9.17, 15) is 9.18 Å². The lowest BCUT2D eigenvalue weighted by Crippen LogP contribution is -2.19. The monoisotopic (exact) mass is 339 g/mol. The fraction of sp³-hybridized carbons (Fsp3) is 0.250. The fourth-order valence-electron chi connectivity index (χ4n) is 2.79. The number of aromatic nitrogens is 1. The molecule has 2 N–H and O–H groups in total. The van der Waals surface area contributed by atoms with Crippen LogP contribution in [0.1, 0.15) is 11.3 Å². The SMILES string of the molecule is CN(C)c1ccc(CCNCc2cc(=O)c3cc(F)ccc3[nH]2)cc1. The summed E-state index contributed by atoms with van der Waals surface area (Å²) in [5.74, 6) is -0.399. The number of nitrogens with one attached hydrogen (secondary N) is 2. The highest BCUT2D eigenvalue weighted by atomic mass is 19.1. The Kier molecular flexibility index (Phi) is 5.14. The van der Waals surface area contributed by atoms with Crippen LogP contribution in [0.25, 0.3) is 10.9 Å². The molecular weight excluding hydrogens is 317 g/mol. The highest BCUT2D eigenvalue weighted by Crippen LogP contribution is 2.13. The van der Waals surface area contributed by atoms with Crippen LogP contribution in [0.4, 0.5) is 10.1 Å². The molecule has 25 heavy (non-hydrogen) atoms. The third kappa shape index (κ3) is 4.25. The minimum Gasteiger partial charge on any atom is -0.378 e. The second kappa shape index (κ2) is 7.49. The maximum absolute atomic E-state index is 13.2. The number of anilines is 1. The van der Waals surface area contributed by atoms with Crippen molar-refractivity contribution < 1.29 is 4.39 Å². The Hall–Kier alpha value is -2.66. The lowest BCUT2D eigenvalue weighted by atomic mass is 10.1. The Morgan fingerprint density at radius 2 is 1.84 bits per heavy atom. The van der Waals surface area contributed by atoms with Gasteiger partial charge in [-0.3, -0.25) is 4.79 Å². The lowest BCUT2D eigenvalue weighted by Gasteiger charge is -2.12. The van der Waals surface area contributed by atoms with Crippen molar-refractivity contribution in [2.45, 2.75) is 13.0 Å². The number of H-pyrrole nitrogens is 1. The van der Waals surface area contributed by atoms with Gasteiger partial charge in [0.1, 0.15) is 5.82 Å².